The smallest absolute Gasteiger partial charge is 0.352 e. The molecule has 7 nitrogen and oxygen atoms in total. The van der Waals surface area contributed by atoms with Crippen LogP contribution in [0.4, 0.5) is 0 Å². The lowest BCUT2D eigenvalue weighted by atomic mass is 10.0. The van der Waals surface area contributed by atoms with E-state index in [0.29, 0.717) is 28.7 Å². The molecule has 2 aromatic heterocycles. The number of hydrogen-bond acceptors (Lipinski definition) is 8. The van der Waals surface area contributed by atoms with Crippen molar-refractivity contribution in [2.24, 2.45) is 0 Å². The molecular weight excluding hydrogens is 340 g/mol. The number of rotatable bonds is 6. The van der Waals surface area contributed by atoms with Gasteiger partial charge in [0.1, 0.15) is 0 Å². The molecule has 0 aliphatic carbocycles. The first-order valence-electron chi connectivity index (χ1n) is 7.99. The van der Waals surface area contributed by atoms with Crippen molar-refractivity contribution in [2.75, 3.05) is 0 Å². The zero-order chi connectivity index (χ0) is 17.8. The Morgan fingerprint density at radius 3 is 2.72 bits per heavy atom. The second kappa shape index (κ2) is 7.52. The van der Waals surface area contributed by atoms with Crippen molar-refractivity contribution in [3.8, 4) is 11.4 Å². The monoisotopic (exact) mass is 358 g/mol. The molecule has 0 aliphatic heterocycles. The maximum atomic E-state index is 12.1. The highest BCUT2D eigenvalue weighted by Crippen LogP contribution is 2.21. The maximum Gasteiger partial charge on any atom is 0.352 e. The third kappa shape index (κ3) is 3.90. The van der Waals surface area contributed by atoms with Crippen LogP contribution in [0.5, 0.6) is 0 Å². The number of esters is 1. The minimum Gasteiger partial charge on any atom is -0.451 e. The topological polar surface area (TPSA) is 91.0 Å². The predicted octanol–water partition coefficient (Wildman–Crippen LogP) is 3.63. The molecule has 0 spiro atoms. The molecule has 0 amide bonds. The Hall–Kier alpha value is -2.61. The number of aromatic nitrogens is 4. The van der Waals surface area contributed by atoms with Gasteiger partial charge in [-0.3, -0.25) is 0 Å². The van der Waals surface area contributed by atoms with Crippen molar-refractivity contribution < 1.29 is 14.1 Å². The minimum atomic E-state index is -0.479. The molecule has 0 bridgehead atoms. The second-order valence-electron chi connectivity index (χ2n) is 5.77. The first kappa shape index (κ1) is 17.2. The van der Waals surface area contributed by atoms with E-state index in [2.05, 4.69) is 33.6 Å². The molecule has 0 radical (unpaired) electrons. The van der Waals surface area contributed by atoms with E-state index in [1.165, 1.54) is 5.56 Å². The summed E-state index contributed by atoms with van der Waals surface area (Å²) >= 11 is 1.02. The molecule has 0 aliphatic rings. The van der Waals surface area contributed by atoms with Gasteiger partial charge in [0.05, 0.1) is 5.69 Å². The van der Waals surface area contributed by atoms with Crippen molar-refractivity contribution in [3.63, 3.8) is 0 Å². The van der Waals surface area contributed by atoms with Crippen molar-refractivity contribution in [1.29, 1.82) is 0 Å². The number of benzene rings is 1. The molecule has 1 aromatic carbocycles. The van der Waals surface area contributed by atoms with Crippen LogP contribution in [0.15, 0.2) is 28.8 Å². The average molecular weight is 358 g/mol. The van der Waals surface area contributed by atoms with Gasteiger partial charge in [-0.25, -0.2) is 4.79 Å². The van der Waals surface area contributed by atoms with Crippen LogP contribution in [0.2, 0.25) is 0 Å². The van der Waals surface area contributed by atoms with Gasteiger partial charge in [-0.15, -0.1) is 5.10 Å². The third-order valence-electron chi connectivity index (χ3n) is 3.71. The summed E-state index contributed by atoms with van der Waals surface area (Å²) in [5, 5.41) is 7.83. The average Bonchev–Trinajstić information content (AvgIpc) is 3.29. The standard InChI is InChI=1S/C17H18N4O3S/c1-4-13-15(25-21-19-13)17(22)23-9-14-18-16(20-24-14)12-7-5-11(6-8-12)10(2)3/h5-8,10H,4,9H2,1-3H3. The van der Waals surface area contributed by atoms with E-state index in [9.17, 15) is 4.79 Å². The quantitative estimate of drug-likeness (QED) is 0.621. The molecule has 0 N–H and O–H groups in total. The Labute approximate surface area is 149 Å². The summed E-state index contributed by atoms with van der Waals surface area (Å²) in [4.78, 5) is 16.7. The van der Waals surface area contributed by atoms with E-state index in [-0.39, 0.29) is 12.5 Å². The van der Waals surface area contributed by atoms with Gasteiger partial charge in [-0.2, -0.15) is 4.98 Å². The molecule has 0 atom stereocenters. The molecule has 0 saturated carbocycles. The van der Waals surface area contributed by atoms with E-state index in [1.54, 1.807) is 0 Å². The number of hydrogen-bond donors (Lipinski definition) is 0. The summed E-state index contributed by atoms with van der Waals surface area (Å²) in [6, 6.07) is 7.98. The third-order valence-corrected chi connectivity index (χ3v) is 4.45. The lowest BCUT2D eigenvalue weighted by Gasteiger charge is -2.04. The van der Waals surface area contributed by atoms with Crippen LogP contribution in [0.25, 0.3) is 11.4 Å². The summed E-state index contributed by atoms with van der Waals surface area (Å²) in [7, 11) is 0. The van der Waals surface area contributed by atoms with E-state index in [0.717, 1.165) is 17.1 Å². The predicted molar refractivity (Wildman–Crippen MR) is 92.2 cm³/mol. The summed E-state index contributed by atoms with van der Waals surface area (Å²) < 4.78 is 14.1. The van der Waals surface area contributed by atoms with Crippen LogP contribution in [-0.4, -0.2) is 25.7 Å². The highest BCUT2D eigenvalue weighted by atomic mass is 32.1. The number of aryl methyl sites for hydroxylation is 1. The molecular formula is C17H18N4O3S. The maximum absolute atomic E-state index is 12.1. The summed E-state index contributed by atoms with van der Waals surface area (Å²) in [5.74, 6) is 0.693. The second-order valence-corrected chi connectivity index (χ2v) is 6.52. The number of ether oxygens (including phenoxy) is 1. The van der Waals surface area contributed by atoms with E-state index >= 15 is 0 Å². The number of carbonyl (C=O) groups is 1. The fourth-order valence-corrected chi connectivity index (χ4v) is 2.88. The van der Waals surface area contributed by atoms with Gasteiger partial charge in [0.25, 0.3) is 5.89 Å². The highest BCUT2D eigenvalue weighted by Gasteiger charge is 2.18. The zero-order valence-corrected chi connectivity index (χ0v) is 15.0. The molecule has 0 fully saturated rings. The molecule has 8 heteroatoms. The zero-order valence-electron chi connectivity index (χ0n) is 14.2. The Morgan fingerprint density at radius 2 is 2.04 bits per heavy atom. The molecule has 130 valence electrons. The molecule has 2 heterocycles. The summed E-state index contributed by atoms with van der Waals surface area (Å²) in [6.07, 6.45) is 0.623. The van der Waals surface area contributed by atoms with Gasteiger partial charge in [-0.05, 0) is 29.4 Å². The van der Waals surface area contributed by atoms with Crippen LogP contribution in [0, 0.1) is 0 Å². The van der Waals surface area contributed by atoms with Gasteiger partial charge in [0.15, 0.2) is 11.5 Å². The van der Waals surface area contributed by atoms with Gasteiger partial charge in [0.2, 0.25) is 5.82 Å². The van der Waals surface area contributed by atoms with Gasteiger partial charge in [-0.1, -0.05) is 54.7 Å². The van der Waals surface area contributed by atoms with E-state index < -0.39 is 5.97 Å². The van der Waals surface area contributed by atoms with E-state index in [4.69, 9.17) is 9.26 Å². The first-order valence-corrected chi connectivity index (χ1v) is 8.77. The number of carbonyl (C=O) groups excluding carboxylic acids is 1. The minimum absolute atomic E-state index is 0.0863. The van der Waals surface area contributed by atoms with Crippen molar-refractivity contribution >= 4 is 17.5 Å². The Kier molecular flexibility index (Phi) is 5.18. The fraction of sp³-hybridized carbons (Fsp3) is 0.353. The van der Waals surface area contributed by atoms with Crippen LogP contribution in [0.1, 0.15) is 53.5 Å². The van der Waals surface area contributed by atoms with E-state index in [1.807, 2.05) is 31.2 Å². The number of nitrogens with zero attached hydrogens (tertiary/aromatic N) is 4. The lowest BCUT2D eigenvalue weighted by molar-refractivity contribution is 0.0434. The Morgan fingerprint density at radius 1 is 1.28 bits per heavy atom. The molecule has 0 saturated heterocycles. The van der Waals surface area contributed by atoms with Crippen LogP contribution in [0.3, 0.4) is 0 Å². The van der Waals surface area contributed by atoms with Gasteiger partial charge >= 0.3 is 5.97 Å². The first-order chi connectivity index (χ1) is 12.1. The molecule has 25 heavy (non-hydrogen) atoms. The Balaban J connectivity index is 1.64. The SMILES string of the molecule is CCc1nnsc1C(=O)OCc1nc(-c2ccc(C(C)C)cc2)no1. The fourth-order valence-electron chi connectivity index (χ4n) is 2.24. The van der Waals surface area contributed by atoms with Crippen LogP contribution in [-0.2, 0) is 17.8 Å². The van der Waals surface area contributed by atoms with Gasteiger partial charge < -0.3 is 9.26 Å². The van der Waals surface area contributed by atoms with Crippen molar-refractivity contribution in [1.82, 2.24) is 19.7 Å². The largest absolute Gasteiger partial charge is 0.451 e. The summed E-state index contributed by atoms with van der Waals surface area (Å²) in [5.41, 5.74) is 2.73. The normalized spacial score (nSPS) is 11.0. The van der Waals surface area contributed by atoms with Gasteiger partial charge in [0, 0.05) is 5.56 Å². The van der Waals surface area contributed by atoms with Crippen molar-refractivity contribution in [2.45, 2.75) is 39.7 Å². The van der Waals surface area contributed by atoms with Crippen molar-refractivity contribution in [3.05, 3.63) is 46.3 Å². The van der Waals surface area contributed by atoms with Crippen LogP contribution >= 0.6 is 11.5 Å². The molecule has 0 unspecified atom stereocenters. The Bertz CT molecular complexity index is 855. The lowest BCUT2D eigenvalue weighted by Crippen LogP contribution is -2.06. The molecule has 3 rings (SSSR count). The molecule has 3 aromatic rings. The summed E-state index contributed by atoms with van der Waals surface area (Å²) in [6.45, 7) is 6.09. The van der Waals surface area contributed by atoms with Crippen LogP contribution < -0.4 is 0 Å². The highest BCUT2D eigenvalue weighted by molar-refractivity contribution is 7.07.